The van der Waals surface area contributed by atoms with E-state index in [0.29, 0.717) is 8.04 Å². The highest BCUT2D eigenvalue weighted by atomic mass is 127. The third kappa shape index (κ3) is 5.35. The van der Waals surface area contributed by atoms with Crippen molar-refractivity contribution in [3.63, 3.8) is 0 Å². The number of ether oxygens (including phenoxy) is 1. The molecule has 0 N–H and O–H groups in total. The van der Waals surface area contributed by atoms with Gasteiger partial charge in [-0.25, -0.2) is 4.79 Å². The van der Waals surface area contributed by atoms with Gasteiger partial charge in [0.05, 0.1) is 11.6 Å². The van der Waals surface area contributed by atoms with Crippen LogP contribution >= 0.6 is 38.5 Å². The van der Waals surface area contributed by atoms with Gasteiger partial charge in [-0.15, -0.1) is 0 Å². The van der Waals surface area contributed by atoms with Gasteiger partial charge in [0.15, 0.2) is 0 Å². The van der Waals surface area contributed by atoms with Crippen LogP contribution in [0.5, 0.6) is 0 Å². The van der Waals surface area contributed by atoms with Crippen molar-refractivity contribution >= 4 is 50.2 Å². The maximum Gasteiger partial charge on any atom is 0.413 e. The monoisotopic (exact) mass is 496 g/mol. The molecule has 0 fully saturated rings. The fourth-order valence-corrected chi connectivity index (χ4v) is 2.59. The van der Waals surface area contributed by atoms with Crippen molar-refractivity contribution in [2.24, 2.45) is 0 Å². The van der Waals surface area contributed by atoms with Crippen LogP contribution in [-0.2, 0) is 4.74 Å². The van der Waals surface area contributed by atoms with Crippen molar-refractivity contribution in [2.75, 3.05) is 0 Å². The van der Waals surface area contributed by atoms with E-state index >= 15 is 0 Å². The quantitative estimate of drug-likeness (QED) is 0.304. The molecule has 0 aliphatic rings. The molecule has 0 atom stereocenters. The average Bonchev–Trinajstić information content (AvgIpc) is 2.46. The van der Waals surface area contributed by atoms with Crippen molar-refractivity contribution in [1.29, 1.82) is 0 Å². The Kier molecular flexibility index (Phi) is 5.85. The summed E-state index contributed by atoms with van der Waals surface area (Å²) in [5, 5.41) is 0. The number of halogens is 5. The SMILES string of the molecule is O=C(O/C(=C/C(F)(F)F)c1ccc(Br)cc1)c1ccccc1I. The Morgan fingerprint density at radius 2 is 1.70 bits per heavy atom. The molecule has 0 heterocycles. The third-order valence-corrected chi connectivity index (χ3v) is 4.19. The average molecular weight is 497 g/mol. The summed E-state index contributed by atoms with van der Waals surface area (Å²) in [5.41, 5.74) is 0.364. The van der Waals surface area contributed by atoms with E-state index in [9.17, 15) is 18.0 Å². The molecule has 2 aromatic rings. The van der Waals surface area contributed by atoms with Crippen molar-refractivity contribution in [1.82, 2.24) is 0 Å². The van der Waals surface area contributed by atoms with Crippen LogP contribution in [0.2, 0.25) is 0 Å². The van der Waals surface area contributed by atoms with E-state index in [1.807, 2.05) is 22.6 Å². The van der Waals surface area contributed by atoms with E-state index < -0.39 is 17.9 Å². The molecule has 0 amide bonds. The van der Waals surface area contributed by atoms with E-state index in [1.54, 1.807) is 30.3 Å². The molecule has 0 saturated carbocycles. The largest absolute Gasteiger partial charge is 0.422 e. The second-order valence-electron chi connectivity index (χ2n) is 4.43. The number of carbonyl (C=O) groups excluding carboxylic acids is 1. The Balaban J connectivity index is 2.36. The molecule has 0 aliphatic carbocycles. The van der Waals surface area contributed by atoms with E-state index in [4.69, 9.17) is 4.74 Å². The molecule has 7 heteroatoms. The zero-order valence-corrected chi connectivity index (χ0v) is 15.1. The van der Waals surface area contributed by atoms with Crippen LogP contribution in [-0.4, -0.2) is 12.1 Å². The Labute approximate surface area is 152 Å². The number of allylic oxidation sites excluding steroid dienone is 1. The van der Waals surface area contributed by atoms with Gasteiger partial charge < -0.3 is 4.74 Å². The summed E-state index contributed by atoms with van der Waals surface area (Å²) in [4.78, 5) is 12.2. The summed E-state index contributed by atoms with van der Waals surface area (Å²) in [7, 11) is 0. The fourth-order valence-electron chi connectivity index (χ4n) is 1.72. The topological polar surface area (TPSA) is 26.3 Å². The van der Waals surface area contributed by atoms with E-state index in [1.165, 1.54) is 18.2 Å². The summed E-state index contributed by atoms with van der Waals surface area (Å²) >= 11 is 5.12. The van der Waals surface area contributed by atoms with Crippen molar-refractivity contribution in [2.45, 2.75) is 6.18 Å². The summed E-state index contributed by atoms with van der Waals surface area (Å²) in [6, 6.07) is 12.5. The van der Waals surface area contributed by atoms with Crippen LogP contribution in [0.25, 0.3) is 5.76 Å². The number of rotatable bonds is 3. The molecule has 2 rings (SSSR count). The van der Waals surface area contributed by atoms with E-state index in [0.717, 1.165) is 0 Å². The predicted octanol–water partition coefficient (Wildman–Crippen LogP) is 5.81. The first-order chi connectivity index (χ1) is 10.8. The Morgan fingerprint density at radius 1 is 1.09 bits per heavy atom. The summed E-state index contributed by atoms with van der Waals surface area (Å²) in [5.74, 6) is -1.39. The van der Waals surface area contributed by atoms with Crippen LogP contribution in [0, 0.1) is 3.57 Å². The molecule has 0 radical (unpaired) electrons. The molecule has 2 aromatic carbocycles. The van der Waals surface area contributed by atoms with Gasteiger partial charge in [-0.3, -0.25) is 0 Å². The Hall–Kier alpha value is -1.35. The maximum absolute atomic E-state index is 12.7. The van der Waals surface area contributed by atoms with Gasteiger partial charge in [0.1, 0.15) is 5.76 Å². The number of alkyl halides is 3. The van der Waals surface area contributed by atoms with Crippen molar-refractivity contribution in [3.05, 3.63) is 73.8 Å². The second-order valence-corrected chi connectivity index (χ2v) is 6.50. The van der Waals surface area contributed by atoms with Gasteiger partial charge in [-0.05, 0) is 46.9 Å². The fraction of sp³-hybridized carbons (Fsp3) is 0.0625. The molecule has 0 saturated heterocycles. The Bertz CT molecular complexity index is 740. The summed E-state index contributed by atoms with van der Waals surface area (Å²) < 4.78 is 44.5. The summed E-state index contributed by atoms with van der Waals surface area (Å²) in [6.07, 6.45) is -4.63. The Morgan fingerprint density at radius 3 is 2.26 bits per heavy atom. The van der Waals surface area contributed by atoms with E-state index in [-0.39, 0.29) is 17.2 Å². The van der Waals surface area contributed by atoms with Crippen LogP contribution in [0.3, 0.4) is 0 Å². The van der Waals surface area contributed by atoms with Crippen LogP contribution in [0.4, 0.5) is 13.2 Å². The molecule has 0 unspecified atom stereocenters. The van der Waals surface area contributed by atoms with Gasteiger partial charge in [-0.1, -0.05) is 40.2 Å². The third-order valence-electron chi connectivity index (χ3n) is 2.72. The standard InChI is InChI=1S/C16H9BrF3IO2/c17-11-7-5-10(6-8-11)14(9-16(18,19)20)23-15(22)12-3-1-2-4-13(12)21/h1-9H/b14-9+. The normalized spacial score (nSPS) is 12.1. The van der Waals surface area contributed by atoms with Gasteiger partial charge in [0, 0.05) is 13.6 Å². The zero-order valence-electron chi connectivity index (χ0n) is 11.4. The molecule has 0 bridgehead atoms. The van der Waals surface area contributed by atoms with Crippen LogP contribution in [0.15, 0.2) is 59.1 Å². The van der Waals surface area contributed by atoms with E-state index in [2.05, 4.69) is 15.9 Å². The number of esters is 1. The molecule has 23 heavy (non-hydrogen) atoms. The maximum atomic E-state index is 12.7. The molecule has 120 valence electrons. The lowest BCUT2D eigenvalue weighted by atomic mass is 10.1. The van der Waals surface area contributed by atoms with Gasteiger partial charge >= 0.3 is 12.1 Å². The van der Waals surface area contributed by atoms with Crippen LogP contribution in [0.1, 0.15) is 15.9 Å². The number of carbonyl (C=O) groups is 1. The molecule has 2 nitrogen and oxygen atoms in total. The first-order valence-electron chi connectivity index (χ1n) is 6.28. The number of hydrogen-bond acceptors (Lipinski definition) is 2. The molecule has 0 spiro atoms. The lowest BCUT2D eigenvalue weighted by Gasteiger charge is -2.11. The smallest absolute Gasteiger partial charge is 0.413 e. The summed E-state index contributed by atoms with van der Waals surface area (Å²) in [6.45, 7) is 0. The highest BCUT2D eigenvalue weighted by Gasteiger charge is 2.27. The first kappa shape index (κ1) is 18.0. The highest BCUT2D eigenvalue weighted by Crippen LogP contribution is 2.27. The lowest BCUT2D eigenvalue weighted by Crippen LogP contribution is -2.10. The van der Waals surface area contributed by atoms with Gasteiger partial charge in [-0.2, -0.15) is 13.2 Å². The number of hydrogen-bond donors (Lipinski definition) is 0. The second kappa shape index (κ2) is 7.48. The minimum atomic E-state index is -4.60. The van der Waals surface area contributed by atoms with Crippen molar-refractivity contribution < 1.29 is 22.7 Å². The zero-order chi connectivity index (χ0) is 17.0. The predicted molar refractivity (Wildman–Crippen MR) is 92.7 cm³/mol. The highest BCUT2D eigenvalue weighted by molar-refractivity contribution is 14.1. The van der Waals surface area contributed by atoms with Gasteiger partial charge in [0.2, 0.25) is 0 Å². The van der Waals surface area contributed by atoms with Gasteiger partial charge in [0.25, 0.3) is 0 Å². The number of benzene rings is 2. The minimum Gasteiger partial charge on any atom is -0.422 e. The minimum absolute atomic E-state index is 0.0239. The molecule has 0 aromatic heterocycles. The van der Waals surface area contributed by atoms with Crippen molar-refractivity contribution in [3.8, 4) is 0 Å². The first-order valence-corrected chi connectivity index (χ1v) is 8.16. The van der Waals surface area contributed by atoms with Crippen LogP contribution < -0.4 is 0 Å². The lowest BCUT2D eigenvalue weighted by molar-refractivity contribution is -0.0802. The molecular formula is C16H9BrF3IO2. The molecular weight excluding hydrogens is 488 g/mol. The molecule has 0 aliphatic heterocycles.